The number of rotatable bonds is 3. The number of ether oxygens (including phenoxy) is 1. The van der Waals surface area contributed by atoms with Crippen molar-refractivity contribution in [1.29, 1.82) is 0 Å². The van der Waals surface area contributed by atoms with Gasteiger partial charge in [-0.05, 0) is 31.5 Å². The normalized spacial score (nSPS) is 18.4. The van der Waals surface area contributed by atoms with Crippen LogP contribution in [0.1, 0.15) is 31.1 Å². The van der Waals surface area contributed by atoms with Crippen LogP contribution in [0.2, 0.25) is 0 Å². The number of hydrogen-bond acceptors (Lipinski definition) is 3. The molecule has 4 nitrogen and oxygen atoms in total. The van der Waals surface area contributed by atoms with Gasteiger partial charge in [-0.25, -0.2) is 4.39 Å². The monoisotopic (exact) mass is 253 g/mol. The van der Waals surface area contributed by atoms with E-state index in [4.69, 9.17) is 4.74 Å². The fraction of sp³-hybridized carbons (Fsp3) is 0.462. The van der Waals surface area contributed by atoms with Crippen LogP contribution in [-0.4, -0.2) is 24.7 Å². The molecule has 1 atom stereocenters. The second-order valence-corrected chi connectivity index (χ2v) is 4.97. The first-order valence-corrected chi connectivity index (χ1v) is 5.70. The van der Waals surface area contributed by atoms with Crippen LogP contribution < -0.4 is 5.32 Å². The molecule has 0 saturated heterocycles. The fourth-order valence-electron chi connectivity index (χ4n) is 2.16. The predicted molar refractivity (Wildman–Crippen MR) is 64.9 cm³/mol. The first-order valence-electron chi connectivity index (χ1n) is 5.70. The lowest BCUT2D eigenvalue weighted by Crippen LogP contribution is -2.26. The van der Waals surface area contributed by atoms with E-state index in [-0.39, 0.29) is 12.5 Å². The number of carbonyl (C=O) groups is 1. The largest absolute Gasteiger partial charge is 0.386 e. The van der Waals surface area contributed by atoms with Crippen molar-refractivity contribution >= 4 is 11.6 Å². The van der Waals surface area contributed by atoms with Crippen molar-refractivity contribution in [2.45, 2.75) is 25.4 Å². The number of hydrogen-bond donors (Lipinski definition) is 2. The molecular formula is C13H16FNO3. The number of fused-ring (bicyclic) bond motifs is 1. The van der Waals surface area contributed by atoms with Gasteiger partial charge in [0, 0.05) is 12.7 Å². The van der Waals surface area contributed by atoms with Gasteiger partial charge in [0.05, 0.1) is 17.7 Å². The van der Waals surface area contributed by atoms with E-state index in [2.05, 4.69) is 5.32 Å². The number of aliphatic hydroxyl groups is 1. The lowest BCUT2D eigenvalue weighted by Gasteiger charge is -2.17. The van der Waals surface area contributed by atoms with E-state index in [1.807, 2.05) is 0 Å². The van der Waals surface area contributed by atoms with Crippen molar-refractivity contribution in [1.82, 2.24) is 0 Å². The zero-order valence-electron chi connectivity index (χ0n) is 10.6. The van der Waals surface area contributed by atoms with Crippen molar-refractivity contribution in [3.63, 3.8) is 0 Å². The summed E-state index contributed by atoms with van der Waals surface area (Å²) in [7, 11) is 1.45. The summed E-state index contributed by atoms with van der Waals surface area (Å²) in [6, 6.07) is 2.56. The van der Waals surface area contributed by atoms with Crippen LogP contribution in [0.3, 0.4) is 0 Å². The molecule has 1 amide bonds. The molecule has 98 valence electrons. The Morgan fingerprint density at radius 1 is 1.50 bits per heavy atom. The second kappa shape index (κ2) is 4.33. The zero-order chi connectivity index (χ0) is 13.5. The molecule has 0 fully saturated rings. The van der Waals surface area contributed by atoms with Crippen LogP contribution in [0.4, 0.5) is 10.1 Å². The number of nitrogens with one attached hydrogen (secondary N) is 1. The third-order valence-corrected chi connectivity index (χ3v) is 3.30. The van der Waals surface area contributed by atoms with Crippen molar-refractivity contribution in [2.24, 2.45) is 0 Å². The number of benzene rings is 1. The molecule has 1 aromatic carbocycles. The highest BCUT2D eigenvalue weighted by molar-refractivity contribution is 6.06. The molecule has 0 saturated carbocycles. The number of anilines is 1. The Balaban J connectivity index is 2.56. The van der Waals surface area contributed by atoms with Gasteiger partial charge >= 0.3 is 0 Å². The molecule has 0 spiro atoms. The van der Waals surface area contributed by atoms with Crippen molar-refractivity contribution < 1.29 is 19.0 Å². The Kier molecular flexibility index (Phi) is 3.12. The highest BCUT2D eigenvalue weighted by atomic mass is 19.1. The maximum absolute atomic E-state index is 13.6. The maximum Gasteiger partial charge on any atom is 0.234 e. The molecule has 1 aromatic rings. The van der Waals surface area contributed by atoms with Gasteiger partial charge in [-0.3, -0.25) is 4.79 Å². The molecule has 18 heavy (non-hydrogen) atoms. The quantitative estimate of drug-likeness (QED) is 0.862. The zero-order valence-corrected chi connectivity index (χ0v) is 10.6. The molecule has 1 aliphatic heterocycles. The highest BCUT2D eigenvalue weighted by Crippen LogP contribution is 2.41. The van der Waals surface area contributed by atoms with Gasteiger partial charge in [-0.2, -0.15) is 0 Å². The Morgan fingerprint density at radius 3 is 2.78 bits per heavy atom. The summed E-state index contributed by atoms with van der Waals surface area (Å²) >= 11 is 0. The van der Waals surface area contributed by atoms with Gasteiger partial charge in [0.15, 0.2) is 0 Å². The van der Waals surface area contributed by atoms with Gasteiger partial charge < -0.3 is 15.2 Å². The van der Waals surface area contributed by atoms with E-state index < -0.39 is 17.3 Å². The van der Waals surface area contributed by atoms with Crippen LogP contribution in [0.5, 0.6) is 0 Å². The first kappa shape index (κ1) is 13.0. The molecule has 2 rings (SSSR count). The van der Waals surface area contributed by atoms with Gasteiger partial charge in [-0.1, -0.05) is 0 Å². The number of methoxy groups -OCH3 is 1. The number of amides is 1. The molecule has 0 aliphatic carbocycles. The molecule has 2 N–H and O–H groups in total. The minimum Gasteiger partial charge on any atom is -0.386 e. The summed E-state index contributed by atoms with van der Waals surface area (Å²) in [5, 5.41) is 12.6. The van der Waals surface area contributed by atoms with Crippen LogP contribution in [0.15, 0.2) is 12.1 Å². The highest BCUT2D eigenvalue weighted by Gasteiger charge is 2.40. The lowest BCUT2D eigenvalue weighted by atomic mass is 9.85. The molecular weight excluding hydrogens is 237 g/mol. The fourth-order valence-corrected chi connectivity index (χ4v) is 2.16. The summed E-state index contributed by atoms with van der Waals surface area (Å²) < 4.78 is 18.5. The molecule has 5 heteroatoms. The van der Waals surface area contributed by atoms with E-state index in [0.29, 0.717) is 16.8 Å². The molecule has 0 bridgehead atoms. The number of carbonyl (C=O) groups excluding carboxylic acids is 1. The second-order valence-electron chi connectivity index (χ2n) is 4.97. The third-order valence-electron chi connectivity index (χ3n) is 3.30. The van der Waals surface area contributed by atoms with Crippen molar-refractivity contribution in [3.8, 4) is 0 Å². The van der Waals surface area contributed by atoms with Crippen LogP contribution >= 0.6 is 0 Å². The average Bonchev–Trinajstić information content (AvgIpc) is 2.51. The Hall–Kier alpha value is -1.46. The summed E-state index contributed by atoms with van der Waals surface area (Å²) in [4.78, 5) is 11.9. The van der Waals surface area contributed by atoms with E-state index in [1.54, 1.807) is 13.8 Å². The number of halogens is 1. The van der Waals surface area contributed by atoms with Crippen LogP contribution in [0, 0.1) is 5.82 Å². The average molecular weight is 253 g/mol. The minimum absolute atomic E-state index is 0.0478. The van der Waals surface area contributed by atoms with Crippen LogP contribution in [-0.2, 0) is 14.9 Å². The summed E-state index contributed by atoms with van der Waals surface area (Å²) in [5.41, 5.74) is 0.623. The van der Waals surface area contributed by atoms with Crippen LogP contribution in [0.25, 0.3) is 0 Å². The first-order chi connectivity index (χ1) is 8.37. The smallest absolute Gasteiger partial charge is 0.234 e. The lowest BCUT2D eigenvalue weighted by molar-refractivity contribution is -0.119. The SMILES string of the molecule is COCC(O)c1cc(F)cc2c1NC(=O)C2(C)C. The summed E-state index contributed by atoms with van der Waals surface area (Å²) in [5.74, 6) is -0.669. The van der Waals surface area contributed by atoms with Crippen molar-refractivity contribution in [3.05, 3.63) is 29.1 Å². The minimum atomic E-state index is -0.964. The molecule has 1 unspecified atom stereocenters. The van der Waals surface area contributed by atoms with Crippen molar-refractivity contribution in [2.75, 3.05) is 19.0 Å². The van der Waals surface area contributed by atoms with E-state index >= 15 is 0 Å². The van der Waals surface area contributed by atoms with E-state index in [9.17, 15) is 14.3 Å². The van der Waals surface area contributed by atoms with Gasteiger partial charge in [0.2, 0.25) is 5.91 Å². The number of aliphatic hydroxyl groups excluding tert-OH is 1. The Bertz CT molecular complexity index is 499. The van der Waals surface area contributed by atoms with E-state index in [0.717, 1.165) is 0 Å². The summed E-state index contributed by atoms with van der Waals surface area (Å²) in [6.45, 7) is 3.49. The van der Waals surface area contributed by atoms with Gasteiger partial charge in [-0.15, -0.1) is 0 Å². The van der Waals surface area contributed by atoms with Gasteiger partial charge in [0.25, 0.3) is 0 Å². The molecule has 0 aromatic heterocycles. The third kappa shape index (κ3) is 1.89. The molecule has 1 aliphatic rings. The maximum atomic E-state index is 13.6. The Morgan fingerprint density at radius 2 is 2.17 bits per heavy atom. The standard InChI is InChI=1S/C13H16FNO3/c1-13(2)9-5-7(14)4-8(10(16)6-18-3)11(9)15-12(13)17/h4-5,10,16H,6H2,1-3H3,(H,15,17). The summed E-state index contributed by atoms with van der Waals surface area (Å²) in [6.07, 6.45) is -0.964. The predicted octanol–water partition coefficient (Wildman–Crippen LogP) is 1.74. The van der Waals surface area contributed by atoms with E-state index in [1.165, 1.54) is 19.2 Å². The molecule has 0 radical (unpaired) electrons. The Labute approximate surface area is 105 Å². The molecule has 1 heterocycles. The topological polar surface area (TPSA) is 58.6 Å². The van der Waals surface area contributed by atoms with Gasteiger partial charge in [0.1, 0.15) is 11.9 Å².